The van der Waals surface area contributed by atoms with Gasteiger partial charge in [0.2, 0.25) is 0 Å². The lowest BCUT2D eigenvalue weighted by atomic mass is 9.94. The lowest BCUT2D eigenvalue weighted by Gasteiger charge is -2.27. The minimum atomic E-state index is -0.610. The Morgan fingerprint density at radius 2 is 2.00 bits per heavy atom. The van der Waals surface area contributed by atoms with Crippen molar-refractivity contribution in [2.45, 2.75) is 39.3 Å². The predicted molar refractivity (Wildman–Crippen MR) is 66.2 cm³/mol. The van der Waals surface area contributed by atoms with Crippen LogP contribution in [0.3, 0.4) is 0 Å². The van der Waals surface area contributed by atoms with Gasteiger partial charge in [-0.25, -0.2) is 9.18 Å². The molecule has 94 valence electrons. The van der Waals surface area contributed by atoms with Crippen molar-refractivity contribution in [2.75, 3.05) is 0 Å². The second kappa shape index (κ2) is 5.17. The Morgan fingerprint density at radius 1 is 1.35 bits per heavy atom. The first-order valence-electron chi connectivity index (χ1n) is 5.66. The van der Waals surface area contributed by atoms with E-state index in [-0.39, 0.29) is 17.9 Å². The number of amides is 2. The van der Waals surface area contributed by atoms with Crippen LogP contribution in [0.15, 0.2) is 24.3 Å². The van der Waals surface area contributed by atoms with Gasteiger partial charge in [-0.2, -0.15) is 0 Å². The second-order valence-electron chi connectivity index (χ2n) is 4.89. The number of nitrogens with one attached hydrogen (secondary N) is 2. The van der Waals surface area contributed by atoms with Crippen LogP contribution < -0.4 is 10.6 Å². The van der Waals surface area contributed by atoms with Gasteiger partial charge in [-0.05, 0) is 45.4 Å². The van der Waals surface area contributed by atoms with Gasteiger partial charge in [0, 0.05) is 6.04 Å². The molecule has 1 aromatic carbocycles. The standard InChI is InChI=1S/C13H19FN2O/c1-9(2)15-12(17)16-13(3,4)10-6-5-7-11(14)8-10/h5-9H,1-4H3,(H2,15,16,17). The van der Waals surface area contributed by atoms with Crippen LogP contribution in [0.5, 0.6) is 0 Å². The van der Waals surface area contributed by atoms with E-state index in [9.17, 15) is 9.18 Å². The zero-order chi connectivity index (χ0) is 13.1. The summed E-state index contributed by atoms with van der Waals surface area (Å²) >= 11 is 0. The number of hydrogen-bond donors (Lipinski definition) is 2. The molecule has 0 bridgehead atoms. The summed E-state index contributed by atoms with van der Waals surface area (Å²) < 4.78 is 13.1. The molecule has 0 fully saturated rings. The van der Waals surface area contributed by atoms with Crippen molar-refractivity contribution in [3.05, 3.63) is 35.6 Å². The lowest BCUT2D eigenvalue weighted by Crippen LogP contribution is -2.48. The fourth-order valence-corrected chi connectivity index (χ4v) is 1.53. The van der Waals surface area contributed by atoms with Crippen LogP contribution in [0.1, 0.15) is 33.3 Å². The van der Waals surface area contributed by atoms with Crippen LogP contribution in [-0.2, 0) is 5.54 Å². The van der Waals surface area contributed by atoms with E-state index in [0.717, 1.165) is 5.56 Å². The summed E-state index contributed by atoms with van der Waals surface area (Å²) in [5.41, 5.74) is 0.123. The van der Waals surface area contributed by atoms with Gasteiger partial charge >= 0.3 is 6.03 Å². The normalized spacial score (nSPS) is 11.4. The molecule has 1 aromatic rings. The van der Waals surface area contributed by atoms with Crippen LogP contribution >= 0.6 is 0 Å². The Hall–Kier alpha value is -1.58. The quantitative estimate of drug-likeness (QED) is 0.835. The van der Waals surface area contributed by atoms with E-state index < -0.39 is 5.54 Å². The van der Waals surface area contributed by atoms with Crippen LogP contribution in [0, 0.1) is 5.82 Å². The molecule has 0 saturated heterocycles. The summed E-state index contributed by atoms with van der Waals surface area (Å²) in [6, 6.07) is 6.05. The van der Waals surface area contributed by atoms with Gasteiger partial charge < -0.3 is 10.6 Å². The summed E-state index contributed by atoms with van der Waals surface area (Å²) in [6.07, 6.45) is 0. The van der Waals surface area contributed by atoms with Crippen molar-refractivity contribution in [3.63, 3.8) is 0 Å². The minimum Gasteiger partial charge on any atom is -0.336 e. The van der Waals surface area contributed by atoms with Crippen LogP contribution in [0.25, 0.3) is 0 Å². The smallest absolute Gasteiger partial charge is 0.315 e. The van der Waals surface area contributed by atoms with Crippen molar-refractivity contribution in [2.24, 2.45) is 0 Å². The highest BCUT2D eigenvalue weighted by atomic mass is 19.1. The summed E-state index contributed by atoms with van der Waals surface area (Å²) in [7, 11) is 0. The average Bonchev–Trinajstić information content (AvgIpc) is 2.15. The molecule has 17 heavy (non-hydrogen) atoms. The Balaban J connectivity index is 2.78. The number of urea groups is 1. The predicted octanol–water partition coefficient (Wildman–Crippen LogP) is 2.77. The first-order chi connectivity index (χ1) is 7.81. The van der Waals surface area contributed by atoms with Gasteiger partial charge in [-0.1, -0.05) is 12.1 Å². The highest BCUT2D eigenvalue weighted by molar-refractivity contribution is 5.75. The second-order valence-corrected chi connectivity index (χ2v) is 4.89. The highest BCUT2D eigenvalue weighted by Crippen LogP contribution is 2.20. The number of carbonyl (C=O) groups is 1. The molecular formula is C13H19FN2O. The third kappa shape index (κ3) is 4.06. The molecule has 2 amide bonds. The zero-order valence-electron chi connectivity index (χ0n) is 10.7. The third-order valence-corrected chi connectivity index (χ3v) is 2.39. The molecule has 0 aliphatic heterocycles. The van der Waals surface area contributed by atoms with Crippen LogP contribution in [0.2, 0.25) is 0 Å². The zero-order valence-corrected chi connectivity index (χ0v) is 10.7. The maximum absolute atomic E-state index is 13.1. The molecule has 1 rings (SSSR count). The highest BCUT2D eigenvalue weighted by Gasteiger charge is 2.23. The van der Waals surface area contributed by atoms with Crippen molar-refractivity contribution >= 4 is 6.03 Å². The van der Waals surface area contributed by atoms with E-state index in [1.54, 1.807) is 12.1 Å². The Labute approximate surface area is 101 Å². The van der Waals surface area contributed by atoms with E-state index in [2.05, 4.69) is 10.6 Å². The first-order valence-corrected chi connectivity index (χ1v) is 5.66. The van der Waals surface area contributed by atoms with Crippen molar-refractivity contribution in [1.29, 1.82) is 0 Å². The van der Waals surface area contributed by atoms with Gasteiger partial charge in [0.1, 0.15) is 5.82 Å². The number of benzene rings is 1. The van der Waals surface area contributed by atoms with E-state index in [1.807, 2.05) is 27.7 Å². The average molecular weight is 238 g/mol. The van der Waals surface area contributed by atoms with Gasteiger partial charge in [0.25, 0.3) is 0 Å². The monoisotopic (exact) mass is 238 g/mol. The van der Waals surface area contributed by atoms with Gasteiger partial charge in [-0.15, -0.1) is 0 Å². The maximum Gasteiger partial charge on any atom is 0.315 e. The number of halogens is 1. The molecule has 0 radical (unpaired) electrons. The van der Waals surface area contributed by atoms with E-state index in [0.29, 0.717) is 0 Å². The maximum atomic E-state index is 13.1. The van der Waals surface area contributed by atoms with Gasteiger partial charge in [0.15, 0.2) is 0 Å². The Kier molecular flexibility index (Phi) is 4.10. The Bertz CT molecular complexity index is 402. The van der Waals surface area contributed by atoms with Gasteiger partial charge in [0.05, 0.1) is 5.54 Å². The summed E-state index contributed by atoms with van der Waals surface area (Å²) in [6.45, 7) is 7.44. The molecule has 4 heteroatoms. The first kappa shape index (κ1) is 13.5. The molecule has 0 spiro atoms. The Morgan fingerprint density at radius 3 is 2.53 bits per heavy atom. The molecule has 0 unspecified atom stereocenters. The van der Waals surface area contributed by atoms with Crippen molar-refractivity contribution in [3.8, 4) is 0 Å². The van der Waals surface area contributed by atoms with Crippen LogP contribution in [0.4, 0.5) is 9.18 Å². The van der Waals surface area contributed by atoms with Crippen molar-refractivity contribution in [1.82, 2.24) is 10.6 Å². The van der Waals surface area contributed by atoms with Crippen LogP contribution in [-0.4, -0.2) is 12.1 Å². The molecule has 0 aliphatic carbocycles. The number of rotatable bonds is 3. The molecule has 0 saturated carbocycles. The summed E-state index contributed by atoms with van der Waals surface area (Å²) in [5, 5.41) is 5.55. The topological polar surface area (TPSA) is 41.1 Å². The molecular weight excluding hydrogens is 219 g/mol. The molecule has 0 heterocycles. The molecule has 2 N–H and O–H groups in total. The molecule has 3 nitrogen and oxygen atoms in total. The molecule has 0 aromatic heterocycles. The molecule has 0 aliphatic rings. The summed E-state index contributed by atoms with van der Waals surface area (Å²) in [4.78, 5) is 11.6. The van der Waals surface area contributed by atoms with E-state index in [1.165, 1.54) is 12.1 Å². The van der Waals surface area contributed by atoms with Gasteiger partial charge in [-0.3, -0.25) is 0 Å². The third-order valence-electron chi connectivity index (χ3n) is 2.39. The minimum absolute atomic E-state index is 0.0679. The number of carbonyl (C=O) groups excluding carboxylic acids is 1. The number of hydrogen-bond acceptors (Lipinski definition) is 1. The van der Waals surface area contributed by atoms with E-state index >= 15 is 0 Å². The van der Waals surface area contributed by atoms with E-state index in [4.69, 9.17) is 0 Å². The summed E-state index contributed by atoms with van der Waals surface area (Å²) in [5.74, 6) is -0.304. The lowest BCUT2D eigenvalue weighted by molar-refractivity contribution is 0.227. The SMILES string of the molecule is CC(C)NC(=O)NC(C)(C)c1cccc(F)c1. The largest absolute Gasteiger partial charge is 0.336 e. The fraction of sp³-hybridized carbons (Fsp3) is 0.462. The van der Waals surface area contributed by atoms with Crippen molar-refractivity contribution < 1.29 is 9.18 Å². The molecule has 0 atom stereocenters. The fourth-order valence-electron chi connectivity index (χ4n) is 1.53.